The Bertz CT molecular complexity index is 1300. The number of halogens is 1. The lowest BCUT2D eigenvalue weighted by atomic mass is 10.0. The summed E-state index contributed by atoms with van der Waals surface area (Å²) in [6.45, 7) is 9.22. The fourth-order valence-corrected chi connectivity index (χ4v) is 3.90. The number of anilines is 1. The molecular formula is C30H38BrN5O8. The minimum absolute atomic E-state index is 0.0588. The van der Waals surface area contributed by atoms with E-state index in [1.165, 1.54) is 24.3 Å². The first kappa shape index (κ1) is 35.9. The van der Waals surface area contributed by atoms with Gasteiger partial charge < -0.3 is 26.2 Å². The molecule has 0 aliphatic rings. The van der Waals surface area contributed by atoms with Crippen LogP contribution in [0.15, 0.2) is 59.6 Å². The van der Waals surface area contributed by atoms with Crippen molar-refractivity contribution in [2.45, 2.75) is 65.1 Å². The van der Waals surface area contributed by atoms with Gasteiger partial charge in [0.25, 0.3) is 11.6 Å². The van der Waals surface area contributed by atoms with E-state index in [2.05, 4.69) is 43.8 Å². The summed E-state index contributed by atoms with van der Waals surface area (Å²) in [6, 6.07) is 10.5. The van der Waals surface area contributed by atoms with Crippen LogP contribution < -0.4 is 26.2 Å². The zero-order valence-corrected chi connectivity index (χ0v) is 26.5. The number of nitrogens with zero attached hydrogens (tertiary/aromatic N) is 1. The third kappa shape index (κ3) is 12.9. The molecule has 0 radical (unpaired) electrons. The van der Waals surface area contributed by atoms with Gasteiger partial charge in [0, 0.05) is 30.8 Å². The smallest absolute Gasteiger partial charge is 0.269 e. The zero-order valence-electron chi connectivity index (χ0n) is 24.9. The predicted molar refractivity (Wildman–Crippen MR) is 168 cm³/mol. The van der Waals surface area contributed by atoms with Crippen molar-refractivity contribution in [1.29, 1.82) is 0 Å². The largest absolute Gasteiger partial charge is 0.352 e. The Balaban J connectivity index is 1.74. The molecule has 4 N–H and O–H groups in total. The Hall–Kier alpha value is -4.30. The van der Waals surface area contributed by atoms with Crippen molar-refractivity contribution in [3.05, 3.63) is 75.3 Å². The lowest BCUT2D eigenvalue weighted by molar-refractivity contribution is -0.384. The van der Waals surface area contributed by atoms with Crippen molar-refractivity contribution >= 4 is 50.9 Å². The highest BCUT2D eigenvalue weighted by Crippen LogP contribution is 2.18. The van der Waals surface area contributed by atoms with E-state index < -0.39 is 28.8 Å². The number of unbranched alkanes of at least 4 members (excludes halogenated alkanes) is 2. The quantitative estimate of drug-likeness (QED) is 0.0595. The maximum Gasteiger partial charge on any atom is 0.269 e. The molecule has 0 saturated heterocycles. The van der Waals surface area contributed by atoms with E-state index in [0.717, 1.165) is 12.0 Å². The molecule has 0 unspecified atom stereocenters. The number of nitro benzene ring substituents is 1. The van der Waals surface area contributed by atoms with Crippen molar-refractivity contribution in [1.82, 2.24) is 16.0 Å². The summed E-state index contributed by atoms with van der Waals surface area (Å²) in [5.74, 6) is -1.34. The van der Waals surface area contributed by atoms with E-state index in [0.29, 0.717) is 30.8 Å². The van der Waals surface area contributed by atoms with Gasteiger partial charge in [-0.05, 0) is 71.4 Å². The highest BCUT2D eigenvalue weighted by atomic mass is 79.9. The third-order valence-electron chi connectivity index (χ3n) is 6.28. The molecule has 0 heterocycles. The van der Waals surface area contributed by atoms with E-state index in [1.54, 1.807) is 45.0 Å². The van der Waals surface area contributed by atoms with Gasteiger partial charge in [-0.2, -0.15) is 4.89 Å². The summed E-state index contributed by atoms with van der Waals surface area (Å²) in [6.07, 6.45) is 2.26. The second-order valence-corrected chi connectivity index (χ2v) is 11.2. The second-order valence-electron chi connectivity index (χ2n) is 10.3. The van der Waals surface area contributed by atoms with E-state index >= 15 is 0 Å². The van der Waals surface area contributed by atoms with E-state index in [4.69, 9.17) is 9.78 Å². The Morgan fingerprint density at radius 3 is 2.18 bits per heavy atom. The van der Waals surface area contributed by atoms with Gasteiger partial charge in [-0.25, -0.2) is 0 Å². The molecule has 4 amide bonds. The van der Waals surface area contributed by atoms with Gasteiger partial charge in [-0.15, -0.1) is 0 Å². The SMILES string of the molecule is C=C(Br)C(=O)NCCCCCC(=O)N[C@H](C(=O)N[C@@H](C)C(=O)Nc1ccc(COOc2ccc([N+](=O)[O-])cc2)cc1)C(C)C. The maximum absolute atomic E-state index is 12.9. The van der Waals surface area contributed by atoms with E-state index in [-0.39, 0.29) is 40.9 Å². The monoisotopic (exact) mass is 675 g/mol. The summed E-state index contributed by atoms with van der Waals surface area (Å²) in [5.41, 5.74) is 1.19. The fraction of sp³-hybridized carbons (Fsp3) is 0.400. The molecule has 2 aromatic rings. The van der Waals surface area contributed by atoms with Gasteiger partial charge in [0.05, 0.1) is 9.41 Å². The normalized spacial score (nSPS) is 12.0. The van der Waals surface area contributed by atoms with Gasteiger partial charge >= 0.3 is 0 Å². The first-order valence-corrected chi connectivity index (χ1v) is 14.8. The van der Waals surface area contributed by atoms with Gasteiger partial charge in [0.15, 0.2) is 5.75 Å². The third-order valence-corrected chi connectivity index (χ3v) is 6.64. The Morgan fingerprint density at radius 1 is 0.932 bits per heavy atom. The maximum atomic E-state index is 12.9. The fourth-order valence-electron chi connectivity index (χ4n) is 3.76. The van der Waals surface area contributed by atoms with Crippen LogP contribution in [0.3, 0.4) is 0 Å². The number of amides is 4. The highest BCUT2D eigenvalue weighted by Gasteiger charge is 2.27. The summed E-state index contributed by atoms with van der Waals surface area (Å²) < 4.78 is 0.258. The summed E-state index contributed by atoms with van der Waals surface area (Å²) in [4.78, 5) is 70.0. The lowest BCUT2D eigenvalue weighted by Gasteiger charge is -2.24. The molecule has 14 heteroatoms. The van der Waals surface area contributed by atoms with Gasteiger partial charge in [0.1, 0.15) is 18.7 Å². The first-order chi connectivity index (χ1) is 20.9. The molecule has 2 atom stereocenters. The number of hydrogen-bond donors (Lipinski definition) is 4. The van der Waals surface area contributed by atoms with Crippen LogP contribution in [-0.4, -0.2) is 47.2 Å². The van der Waals surface area contributed by atoms with E-state index in [9.17, 15) is 29.3 Å². The predicted octanol–water partition coefficient (Wildman–Crippen LogP) is 4.27. The van der Waals surface area contributed by atoms with Gasteiger partial charge in [0.2, 0.25) is 17.7 Å². The number of non-ortho nitro benzene ring substituents is 1. The molecule has 0 aromatic heterocycles. The average Bonchev–Trinajstić information content (AvgIpc) is 2.98. The molecule has 0 fully saturated rings. The molecule has 13 nitrogen and oxygen atoms in total. The number of rotatable bonds is 18. The molecule has 0 aliphatic heterocycles. The van der Waals surface area contributed by atoms with Crippen LogP contribution in [0.1, 0.15) is 52.0 Å². The Labute approximate surface area is 264 Å². The minimum Gasteiger partial charge on any atom is -0.352 e. The topological polar surface area (TPSA) is 178 Å². The number of benzene rings is 2. The Morgan fingerprint density at radius 2 is 1.59 bits per heavy atom. The van der Waals surface area contributed by atoms with Crippen LogP contribution >= 0.6 is 15.9 Å². The molecule has 2 aromatic carbocycles. The molecule has 0 bridgehead atoms. The second kappa shape index (κ2) is 18.4. The molecule has 238 valence electrons. The van der Waals surface area contributed by atoms with Crippen LogP contribution in [0.25, 0.3) is 0 Å². The van der Waals surface area contributed by atoms with Crippen molar-refractivity contribution in [3.63, 3.8) is 0 Å². The van der Waals surface area contributed by atoms with Crippen LogP contribution in [0.4, 0.5) is 11.4 Å². The number of carbonyl (C=O) groups is 4. The average molecular weight is 677 g/mol. The highest BCUT2D eigenvalue weighted by molar-refractivity contribution is 9.12. The molecule has 0 spiro atoms. The Kier molecular flexibility index (Phi) is 15.0. The summed E-state index contributed by atoms with van der Waals surface area (Å²) in [5, 5.41) is 21.6. The molecule has 0 saturated carbocycles. The first-order valence-electron chi connectivity index (χ1n) is 14.0. The van der Waals surface area contributed by atoms with Crippen LogP contribution in [0.2, 0.25) is 0 Å². The number of hydrogen-bond acceptors (Lipinski definition) is 8. The molecular weight excluding hydrogens is 638 g/mol. The lowest BCUT2D eigenvalue weighted by Crippen LogP contribution is -2.53. The molecule has 44 heavy (non-hydrogen) atoms. The van der Waals surface area contributed by atoms with Crippen molar-refractivity contribution in [3.8, 4) is 5.75 Å². The summed E-state index contributed by atoms with van der Waals surface area (Å²) in [7, 11) is 0. The van der Waals surface area contributed by atoms with Gasteiger partial charge in [-0.3, -0.25) is 29.3 Å². The molecule has 2 rings (SSSR count). The van der Waals surface area contributed by atoms with Crippen LogP contribution in [-0.2, 0) is 30.7 Å². The van der Waals surface area contributed by atoms with Crippen molar-refractivity contribution < 1.29 is 33.9 Å². The van der Waals surface area contributed by atoms with E-state index in [1.807, 2.05) is 0 Å². The number of nitrogens with one attached hydrogen (secondary N) is 4. The zero-order chi connectivity index (χ0) is 32.6. The standard InChI is InChI=1S/C30H38BrN5O8/c1-19(2)27(35-26(37)8-6-5-7-17-32-28(38)20(3)31)30(40)33-21(4)29(39)34-23-11-9-22(10-12-23)18-43-44-25-15-13-24(14-16-25)36(41)42/h9-16,19,21,27H,3,5-8,17-18H2,1-2,4H3,(H,32,38)(H,33,40)(H,34,39)(H,35,37)/t21-,27-/m0/s1. The minimum atomic E-state index is -0.871. The van der Waals surface area contributed by atoms with Crippen LogP contribution in [0.5, 0.6) is 5.75 Å². The van der Waals surface area contributed by atoms with Gasteiger partial charge in [-0.1, -0.05) is 39.0 Å². The van der Waals surface area contributed by atoms with Crippen LogP contribution in [0, 0.1) is 16.0 Å². The van der Waals surface area contributed by atoms with Crippen molar-refractivity contribution in [2.75, 3.05) is 11.9 Å². The number of carbonyl (C=O) groups excluding carboxylic acids is 4. The number of nitro groups is 1. The van der Waals surface area contributed by atoms with Crippen molar-refractivity contribution in [2.24, 2.45) is 5.92 Å². The molecule has 0 aliphatic carbocycles. The summed E-state index contributed by atoms with van der Waals surface area (Å²) >= 11 is 3.01.